The molecule has 3 rings (SSSR count). The average molecular weight is 339 g/mol. The van der Waals surface area contributed by atoms with Gasteiger partial charge in [0.2, 0.25) is 0 Å². The molecule has 0 spiro atoms. The molecule has 2 amide bonds. The van der Waals surface area contributed by atoms with E-state index in [0.717, 1.165) is 37.6 Å². The fourth-order valence-electron chi connectivity index (χ4n) is 3.00. The van der Waals surface area contributed by atoms with Gasteiger partial charge in [-0.3, -0.25) is 0 Å². The van der Waals surface area contributed by atoms with Crippen LogP contribution >= 0.6 is 0 Å². The molecule has 1 aromatic heterocycles. The fraction of sp³-hybridized carbons (Fsp3) is 0.421. The first-order valence-corrected chi connectivity index (χ1v) is 8.84. The van der Waals surface area contributed by atoms with E-state index in [-0.39, 0.29) is 6.03 Å². The van der Waals surface area contributed by atoms with Gasteiger partial charge in [0.1, 0.15) is 11.6 Å². The van der Waals surface area contributed by atoms with Gasteiger partial charge in [-0.25, -0.2) is 14.8 Å². The zero-order valence-electron chi connectivity index (χ0n) is 14.7. The molecule has 1 N–H and O–H groups in total. The molecule has 1 aliphatic rings. The summed E-state index contributed by atoms with van der Waals surface area (Å²) in [4.78, 5) is 24.9. The largest absolute Gasteiger partial charge is 0.353 e. The fourth-order valence-corrected chi connectivity index (χ4v) is 3.00. The smallest absolute Gasteiger partial charge is 0.317 e. The van der Waals surface area contributed by atoms with Gasteiger partial charge in [-0.2, -0.15) is 0 Å². The van der Waals surface area contributed by atoms with Crippen LogP contribution in [0.4, 0.5) is 10.6 Å². The van der Waals surface area contributed by atoms with Crippen LogP contribution in [0.2, 0.25) is 0 Å². The minimum Gasteiger partial charge on any atom is -0.353 e. The average Bonchev–Trinajstić information content (AvgIpc) is 2.66. The standard InChI is InChI=1S/C19H25N5O/c1-16-20-11-9-18(22-16)23-12-14-24(15-13-23)19(25)21-10-5-8-17-6-3-2-4-7-17/h2-4,6-7,9,11H,5,8,10,12-15H2,1H3,(H,21,25). The zero-order valence-corrected chi connectivity index (χ0v) is 14.7. The van der Waals surface area contributed by atoms with Crippen LogP contribution in [0.3, 0.4) is 0 Å². The van der Waals surface area contributed by atoms with Crippen molar-refractivity contribution in [2.75, 3.05) is 37.6 Å². The molecule has 0 atom stereocenters. The monoisotopic (exact) mass is 339 g/mol. The molecule has 0 aliphatic carbocycles. The Morgan fingerprint density at radius 2 is 1.88 bits per heavy atom. The number of aromatic nitrogens is 2. The number of rotatable bonds is 5. The first-order chi connectivity index (χ1) is 12.2. The van der Waals surface area contributed by atoms with Crippen LogP contribution in [0, 0.1) is 6.92 Å². The molecule has 1 fully saturated rings. The summed E-state index contributed by atoms with van der Waals surface area (Å²) in [6.45, 7) is 5.63. The summed E-state index contributed by atoms with van der Waals surface area (Å²) in [6, 6.07) is 12.3. The predicted octanol–water partition coefficient (Wildman–Crippen LogP) is 2.25. The highest BCUT2D eigenvalue weighted by Crippen LogP contribution is 2.13. The number of carbonyl (C=O) groups is 1. The third-order valence-corrected chi connectivity index (χ3v) is 4.41. The van der Waals surface area contributed by atoms with Crippen LogP contribution in [-0.2, 0) is 6.42 Å². The summed E-state index contributed by atoms with van der Waals surface area (Å²) in [7, 11) is 0. The van der Waals surface area contributed by atoms with Gasteiger partial charge in [0.25, 0.3) is 0 Å². The number of hydrogen-bond acceptors (Lipinski definition) is 4. The Morgan fingerprint density at radius 1 is 1.12 bits per heavy atom. The Labute approximate surface area is 148 Å². The number of nitrogens with one attached hydrogen (secondary N) is 1. The number of benzene rings is 1. The zero-order chi connectivity index (χ0) is 17.5. The molecule has 0 radical (unpaired) electrons. The van der Waals surface area contributed by atoms with Gasteiger partial charge in [0.15, 0.2) is 0 Å². The van der Waals surface area contributed by atoms with Gasteiger partial charge in [0, 0.05) is 38.9 Å². The number of hydrogen-bond donors (Lipinski definition) is 1. The quantitative estimate of drug-likeness (QED) is 0.849. The van der Waals surface area contributed by atoms with Crippen molar-refractivity contribution in [1.82, 2.24) is 20.2 Å². The van der Waals surface area contributed by atoms with Crippen LogP contribution in [0.15, 0.2) is 42.6 Å². The number of piperazine rings is 1. The maximum atomic E-state index is 12.3. The van der Waals surface area contributed by atoms with Gasteiger partial charge in [-0.15, -0.1) is 0 Å². The van der Waals surface area contributed by atoms with Crippen LogP contribution in [-0.4, -0.2) is 53.6 Å². The number of anilines is 1. The number of urea groups is 1. The van der Waals surface area contributed by atoms with Crippen LogP contribution in [0.5, 0.6) is 0 Å². The van der Waals surface area contributed by atoms with Crippen LogP contribution in [0.1, 0.15) is 17.8 Å². The molecule has 0 bridgehead atoms. The Morgan fingerprint density at radius 3 is 2.60 bits per heavy atom. The molecule has 132 valence electrons. The van der Waals surface area contributed by atoms with E-state index in [1.54, 1.807) is 6.20 Å². The number of carbonyl (C=O) groups excluding carboxylic acids is 1. The minimum absolute atomic E-state index is 0.0339. The van der Waals surface area contributed by atoms with E-state index < -0.39 is 0 Å². The van der Waals surface area contributed by atoms with Crippen molar-refractivity contribution in [2.24, 2.45) is 0 Å². The summed E-state index contributed by atoms with van der Waals surface area (Å²) in [5.41, 5.74) is 1.31. The highest BCUT2D eigenvalue weighted by molar-refractivity contribution is 5.74. The third kappa shape index (κ3) is 4.92. The van der Waals surface area contributed by atoms with Gasteiger partial charge >= 0.3 is 6.03 Å². The summed E-state index contributed by atoms with van der Waals surface area (Å²) in [6.07, 6.45) is 3.72. The van der Waals surface area contributed by atoms with E-state index in [0.29, 0.717) is 19.6 Å². The maximum absolute atomic E-state index is 12.3. The third-order valence-electron chi connectivity index (χ3n) is 4.41. The van der Waals surface area contributed by atoms with Gasteiger partial charge in [-0.1, -0.05) is 30.3 Å². The topological polar surface area (TPSA) is 61.4 Å². The van der Waals surface area contributed by atoms with Gasteiger partial charge < -0.3 is 15.1 Å². The summed E-state index contributed by atoms with van der Waals surface area (Å²) < 4.78 is 0. The molecule has 1 aromatic carbocycles. The number of nitrogens with zero attached hydrogens (tertiary/aromatic N) is 4. The van der Waals surface area contributed by atoms with E-state index in [1.807, 2.05) is 36.1 Å². The van der Waals surface area contributed by atoms with Gasteiger partial charge in [-0.05, 0) is 31.4 Å². The first kappa shape index (κ1) is 17.2. The SMILES string of the molecule is Cc1nccc(N2CCN(C(=O)NCCCc3ccccc3)CC2)n1. The lowest BCUT2D eigenvalue weighted by Crippen LogP contribution is -2.52. The molecule has 2 aromatic rings. The van der Waals surface area contributed by atoms with E-state index in [1.165, 1.54) is 5.56 Å². The van der Waals surface area contributed by atoms with E-state index >= 15 is 0 Å². The molecule has 0 saturated carbocycles. The van der Waals surface area contributed by atoms with E-state index in [4.69, 9.17) is 0 Å². The molecule has 2 heterocycles. The van der Waals surface area contributed by atoms with Crippen LogP contribution < -0.4 is 10.2 Å². The van der Waals surface area contributed by atoms with Crippen molar-refractivity contribution >= 4 is 11.8 Å². The minimum atomic E-state index is 0.0339. The number of amides is 2. The van der Waals surface area contributed by atoms with E-state index in [9.17, 15) is 4.79 Å². The Bertz CT molecular complexity index is 683. The molecule has 6 nitrogen and oxygen atoms in total. The first-order valence-electron chi connectivity index (χ1n) is 8.84. The lowest BCUT2D eigenvalue weighted by atomic mass is 10.1. The highest BCUT2D eigenvalue weighted by atomic mass is 16.2. The molecular weight excluding hydrogens is 314 g/mol. The number of aryl methyl sites for hydroxylation is 2. The predicted molar refractivity (Wildman–Crippen MR) is 98.7 cm³/mol. The van der Waals surface area contributed by atoms with Crippen molar-refractivity contribution in [3.8, 4) is 0 Å². The normalized spacial score (nSPS) is 14.4. The van der Waals surface area contributed by atoms with Crippen LogP contribution in [0.25, 0.3) is 0 Å². The van der Waals surface area contributed by atoms with Gasteiger partial charge in [0.05, 0.1) is 0 Å². The second-order valence-electron chi connectivity index (χ2n) is 6.26. The Balaban J connectivity index is 1.38. The Kier molecular flexibility index (Phi) is 5.82. The second-order valence-corrected chi connectivity index (χ2v) is 6.26. The molecule has 1 saturated heterocycles. The van der Waals surface area contributed by atoms with Crippen molar-refractivity contribution < 1.29 is 4.79 Å². The van der Waals surface area contributed by atoms with Crippen molar-refractivity contribution in [3.63, 3.8) is 0 Å². The summed E-state index contributed by atoms with van der Waals surface area (Å²) in [5.74, 6) is 1.71. The maximum Gasteiger partial charge on any atom is 0.317 e. The molecular formula is C19H25N5O. The molecule has 25 heavy (non-hydrogen) atoms. The second kappa shape index (κ2) is 8.46. The summed E-state index contributed by atoms with van der Waals surface area (Å²) >= 11 is 0. The van der Waals surface area contributed by atoms with Crippen molar-refractivity contribution in [2.45, 2.75) is 19.8 Å². The van der Waals surface area contributed by atoms with E-state index in [2.05, 4.69) is 32.3 Å². The van der Waals surface area contributed by atoms with Crippen molar-refractivity contribution in [1.29, 1.82) is 0 Å². The summed E-state index contributed by atoms with van der Waals surface area (Å²) in [5, 5.41) is 3.03. The van der Waals surface area contributed by atoms with Crippen molar-refractivity contribution in [3.05, 3.63) is 54.0 Å². The lowest BCUT2D eigenvalue weighted by molar-refractivity contribution is 0.194. The molecule has 6 heteroatoms. The highest BCUT2D eigenvalue weighted by Gasteiger charge is 2.21. The molecule has 1 aliphatic heterocycles. The Hall–Kier alpha value is -2.63. The molecule has 0 unspecified atom stereocenters. The lowest BCUT2D eigenvalue weighted by Gasteiger charge is -2.35.